The van der Waals surface area contributed by atoms with E-state index in [0.29, 0.717) is 41.9 Å². The summed E-state index contributed by atoms with van der Waals surface area (Å²) in [5, 5.41) is 3.08. The number of hydrogen-bond donors (Lipinski definition) is 1. The van der Waals surface area contributed by atoms with Crippen molar-refractivity contribution >= 4 is 34.5 Å². The molecule has 0 fully saturated rings. The van der Waals surface area contributed by atoms with Crippen LogP contribution in [0.4, 0.5) is 11.4 Å². The number of anilines is 2. The highest BCUT2D eigenvalue weighted by Crippen LogP contribution is 2.34. The monoisotopic (exact) mass is 682 g/mol. The molecule has 1 aliphatic heterocycles. The molecule has 9 heteroatoms. The van der Waals surface area contributed by atoms with Gasteiger partial charge in [0.1, 0.15) is 12.4 Å². The van der Waals surface area contributed by atoms with E-state index in [4.69, 9.17) is 9.47 Å². The molecular formula is C40H50N4O4S. The van der Waals surface area contributed by atoms with Gasteiger partial charge in [0.25, 0.3) is 5.91 Å². The van der Waals surface area contributed by atoms with Crippen molar-refractivity contribution in [3.63, 3.8) is 0 Å². The fourth-order valence-corrected chi connectivity index (χ4v) is 7.02. The van der Waals surface area contributed by atoms with Crippen molar-refractivity contribution in [1.82, 2.24) is 9.55 Å². The zero-order valence-corrected chi connectivity index (χ0v) is 30.3. The number of nitrogens with zero attached hydrogens (tertiary/aromatic N) is 3. The Labute approximate surface area is 294 Å². The van der Waals surface area contributed by atoms with E-state index in [9.17, 15) is 9.35 Å². The fourth-order valence-electron chi connectivity index (χ4n) is 5.92. The van der Waals surface area contributed by atoms with Gasteiger partial charge in [-0.2, -0.15) is 0 Å². The van der Waals surface area contributed by atoms with E-state index >= 15 is 0 Å². The topological polar surface area (TPSA) is 91.7 Å². The SMILES string of the molecule is CCCCOCCOc1ccc(-c2ccc3c(c2)C=C(C(=O)Nc2ccc([S+]([O-])Cc4cncn4C(C)C)cc2)CCN3CC(C)C)cc1. The summed E-state index contributed by atoms with van der Waals surface area (Å²) in [6.07, 6.45) is 8.40. The Balaban J connectivity index is 1.28. The van der Waals surface area contributed by atoms with Gasteiger partial charge in [-0.1, -0.05) is 45.4 Å². The van der Waals surface area contributed by atoms with Crippen LogP contribution in [-0.4, -0.2) is 52.9 Å². The van der Waals surface area contributed by atoms with E-state index in [1.54, 1.807) is 12.5 Å². The smallest absolute Gasteiger partial charge is 0.251 e. The maximum Gasteiger partial charge on any atom is 0.251 e. The van der Waals surface area contributed by atoms with Gasteiger partial charge in [-0.15, -0.1) is 0 Å². The highest BCUT2D eigenvalue weighted by molar-refractivity contribution is 7.90. The normalized spacial score (nSPS) is 13.6. The van der Waals surface area contributed by atoms with E-state index in [2.05, 4.69) is 80.2 Å². The van der Waals surface area contributed by atoms with E-state index in [1.807, 2.05) is 47.0 Å². The molecule has 5 rings (SSSR count). The summed E-state index contributed by atoms with van der Waals surface area (Å²) in [7, 11) is 0. The minimum absolute atomic E-state index is 0.127. The van der Waals surface area contributed by atoms with Gasteiger partial charge in [-0.3, -0.25) is 4.79 Å². The molecule has 1 aliphatic rings. The molecule has 0 aliphatic carbocycles. The van der Waals surface area contributed by atoms with Crippen LogP contribution in [0.2, 0.25) is 0 Å². The number of carbonyl (C=O) groups is 1. The summed E-state index contributed by atoms with van der Waals surface area (Å²) in [5.74, 6) is 1.55. The van der Waals surface area contributed by atoms with Gasteiger partial charge in [-0.25, -0.2) is 4.98 Å². The predicted octanol–water partition coefficient (Wildman–Crippen LogP) is 8.52. The summed E-state index contributed by atoms with van der Waals surface area (Å²) in [6, 6.07) is 22.2. The fraction of sp³-hybridized carbons (Fsp3) is 0.400. The molecule has 4 aromatic rings. The molecule has 2 heterocycles. The number of amides is 1. The highest BCUT2D eigenvalue weighted by Gasteiger charge is 2.22. The minimum atomic E-state index is -1.23. The molecule has 0 saturated heterocycles. The number of hydrogen-bond acceptors (Lipinski definition) is 6. The third-order valence-corrected chi connectivity index (χ3v) is 9.87. The van der Waals surface area contributed by atoms with Crippen LogP contribution in [-0.2, 0) is 26.5 Å². The molecule has 0 spiro atoms. The Hall–Kier alpha value is -4.05. The zero-order valence-electron chi connectivity index (χ0n) is 29.5. The Morgan fingerprint density at radius 3 is 2.45 bits per heavy atom. The first kappa shape index (κ1) is 36.2. The van der Waals surface area contributed by atoms with E-state index < -0.39 is 11.2 Å². The van der Waals surface area contributed by atoms with Crippen molar-refractivity contribution in [3.05, 3.63) is 96.1 Å². The lowest BCUT2D eigenvalue weighted by molar-refractivity contribution is -0.112. The van der Waals surface area contributed by atoms with Crippen LogP contribution in [0.3, 0.4) is 0 Å². The molecule has 3 aromatic carbocycles. The summed E-state index contributed by atoms with van der Waals surface area (Å²) in [4.78, 5) is 21.0. The number of nitrogens with one attached hydrogen (secondary N) is 1. The Kier molecular flexibility index (Phi) is 13.0. The van der Waals surface area contributed by atoms with E-state index in [-0.39, 0.29) is 11.9 Å². The Morgan fingerprint density at radius 2 is 1.73 bits per heavy atom. The summed E-state index contributed by atoms with van der Waals surface area (Å²) < 4.78 is 26.6. The van der Waals surface area contributed by atoms with E-state index in [0.717, 1.165) is 71.9 Å². The Morgan fingerprint density at radius 1 is 0.980 bits per heavy atom. The number of imidazole rings is 1. The van der Waals surface area contributed by atoms with E-state index in [1.165, 1.54) is 0 Å². The van der Waals surface area contributed by atoms with Crippen molar-refractivity contribution in [3.8, 4) is 16.9 Å². The summed E-state index contributed by atoms with van der Waals surface area (Å²) >= 11 is -1.23. The molecule has 1 unspecified atom stereocenters. The summed E-state index contributed by atoms with van der Waals surface area (Å²) in [6.45, 7) is 14.3. The number of unbranched alkanes of at least 4 members (excludes halogenated alkanes) is 1. The van der Waals surface area contributed by atoms with Crippen molar-refractivity contribution in [2.75, 3.05) is 43.1 Å². The van der Waals surface area contributed by atoms with Crippen LogP contribution in [0.5, 0.6) is 5.75 Å². The van der Waals surface area contributed by atoms with Gasteiger partial charge < -0.3 is 28.8 Å². The van der Waals surface area contributed by atoms with Gasteiger partial charge in [0.15, 0.2) is 10.6 Å². The number of ether oxygens (including phenoxy) is 2. The number of carbonyl (C=O) groups excluding carboxylic acids is 1. The average Bonchev–Trinajstić information content (AvgIpc) is 3.48. The number of benzene rings is 3. The second-order valence-electron chi connectivity index (χ2n) is 13.2. The average molecular weight is 683 g/mol. The third-order valence-electron chi connectivity index (χ3n) is 8.51. The molecule has 49 heavy (non-hydrogen) atoms. The number of fused-ring (bicyclic) bond motifs is 1. The Bertz CT molecular complexity index is 1680. The molecule has 1 N–H and O–H groups in total. The second-order valence-corrected chi connectivity index (χ2v) is 14.7. The molecule has 8 nitrogen and oxygen atoms in total. The largest absolute Gasteiger partial charge is 0.611 e. The van der Waals surface area contributed by atoms with Gasteiger partial charge in [0.05, 0.1) is 24.8 Å². The molecule has 0 bridgehead atoms. The van der Waals surface area contributed by atoms with Gasteiger partial charge in [0.2, 0.25) is 0 Å². The first-order chi connectivity index (χ1) is 23.7. The minimum Gasteiger partial charge on any atom is -0.611 e. The van der Waals surface area contributed by atoms with Crippen LogP contribution in [0.1, 0.15) is 71.2 Å². The van der Waals surface area contributed by atoms with Crippen molar-refractivity contribution in [1.29, 1.82) is 0 Å². The standard InChI is InChI=1S/C40H50N4O4S/c1-6-7-20-47-21-22-48-37-13-8-31(9-14-37)32-10-17-39-34(23-32)24-33(18-19-43(39)26-29(2)3)40(45)42-35-11-15-38(16-12-35)49(46)27-36-25-41-28-44(36)30(4)5/h8-17,23-25,28-30H,6-7,18-22,26-27H2,1-5H3,(H,42,45). The second kappa shape index (κ2) is 17.6. The molecule has 1 aromatic heterocycles. The lowest BCUT2D eigenvalue weighted by Crippen LogP contribution is -2.29. The molecule has 0 radical (unpaired) electrons. The number of aromatic nitrogens is 2. The van der Waals surface area contributed by atoms with Crippen molar-refractivity contribution < 1.29 is 18.8 Å². The predicted molar refractivity (Wildman–Crippen MR) is 201 cm³/mol. The lowest BCUT2D eigenvalue weighted by Gasteiger charge is -2.27. The molecule has 260 valence electrons. The van der Waals surface area contributed by atoms with Crippen LogP contribution in [0.15, 0.2) is 89.7 Å². The van der Waals surface area contributed by atoms with Crippen LogP contribution in [0.25, 0.3) is 17.2 Å². The zero-order chi connectivity index (χ0) is 34.8. The van der Waals surface area contributed by atoms with Crippen LogP contribution < -0.4 is 15.0 Å². The van der Waals surface area contributed by atoms with Gasteiger partial charge in [-0.05, 0) is 115 Å². The van der Waals surface area contributed by atoms with Crippen molar-refractivity contribution in [2.24, 2.45) is 5.92 Å². The third kappa shape index (κ3) is 10.00. The molecule has 1 amide bonds. The number of rotatable bonds is 16. The first-order valence-electron chi connectivity index (χ1n) is 17.4. The maximum absolute atomic E-state index is 13.7. The van der Waals surface area contributed by atoms with Crippen LogP contribution in [0, 0.1) is 5.92 Å². The van der Waals surface area contributed by atoms with Gasteiger partial charge >= 0.3 is 0 Å². The molecule has 1 atom stereocenters. The van der Waals surface area contributed by atoms with Crippen LogP contribution >= 0.6 is 0 Å². The lowest BCUT2D eigenvalue weighted by atomic mass is 10.00. The molecular weight excluding hydrogens is 633 g/mol. The quantitative estimate of drug-likeness (QED) is 0.0941. The van der Waals surface area contributed by atoms with Gasteiger partial charge in [0, 0.05) is 42.7 Å². The first-order valence-corrected chi connectivity index (χ1v) is 18.7. The maximum atomic E-state index is 13.7. The van der Waals surface area contributed by atoms with Crippen molar-refractivity contribution in [2.45, 2.75) is 70.6 Å². The highest BCUT2D eigenvalue weighted by atomic mass is 32.2. The molecule has 0 saturated carbocycles. The summed E-state index contributed by atoms with van der Waals surface area (Å²) in [5.41, 5.74) is 6.65.